The Morgan fingerprint density at radius 3 is 2.40 bits per heavy atom. The first-order valence-corrected chi connectivity index (χ1v) is 16.5. The summed E-state index contributed by atoms with van der Waals surface area (Å²) in [7, 11) is -2.80. The molecule has 2 fully saturated rings. The number of rotatable bonds is 9. The molecule has 242 valence electrons. The SMILES string of the molecule is CCCC1=C2[C@@H](CC/C(=C/c3cc(C)c(O)c(C)c3)c3ccccc3)OB(O)C[C@@H]2[C@@H]2C(=O)N(c3cccc(B(O)O)c3)C(=O)[C@@H]2C1. The Morgan fingerprint density at radius 2 is 1.72 bits per heavy atom. The van der Waals surface area contributed by atoms with Crippen molar-refractivity contribution in [2.75, 3.05) is 4.90 Å². The molecule has 0 saturated carbocycles. The van der Waals surface area contributed by atoms with Gasteiger partial charge in [-0.1, -0.05) is 67.5 Å². The number of amides is 2. The molecule has 8 nitrogen and oxygen atoms in total. The van der Waals surface area contributed by atoms with Gasteiger partial charge in [-0.15, -0.1) is 0 Å². The molecule has 47 heavy (non-hydrogen) atoms. The summed E-state index contributed by atoms with van der Waals surface area (Å²) in [4.78, 5) is 29.2. The molecule has 4 atom stereocenters. The summed E-state index contributed by atoms with van der Waals surface area (Å²) in [5.74, 6) is -1.84. The monoisotopic (exact) mass is 633 g/mol. The van der Waals surface area contributed by atoms with Crippen LogP contribution in [-0.4, -0.2) is 52.3 Å². The number of phenols is 1. The molecule has 0 unspecified atom stereocenters. The molecule has 6 rings (SSSR count). The molecule has 2 saturated heterocycles. The van der Waals surface area contributed by atoms with Crippen molar-refractivity contribution < 1.29 is 34.4 Å². The number of imide groups is 1. The molecule has 0 spiro atoms. The van der Waals surface area contributed by atoms with Gasteiger partial charge >= 0.3 is 14.2 Å². The minimum absolute atomic E-state index is 0.199. The fourth-order valence-electron chi connectivity index (χ4n) is 7.89. The van der Waals surface area contributed by atoms with E-state index in [1.165, 1.54) is 17.0 Å². The van der Waals surface area contributed by atoms with Gasteiger partial charge in [0.25, 0.3) is 0 Å². The third-order valence-corrected chi connectivity index (χ3v) is 9.96. The lowest BCUT2D eigenvalue weighted by atomic mass is 9.58. The highest BCUT2D eigenvalue weighted by Gasteiger charge is 2.57. The van der Waals surface area contributed by atoms with Crippen LogP contribution in [0.1, 0.15) is 61.3 Å². The van der Waals surface area contributed by atoms with Gasteiger partial charge in [0.2, 0.25) is 11.8 Å². The summed E-state index contributed by atoms with van der Waals surface area (Å²) in [6.45, 7) is 5.88. The predicted octanol–water partition coefficient (Wildman–Crippen LogP) is 4.81. The van der Waals surface area contributed by atoms with Crippen LogP contribution in [0.15, 0.2) is 77.9 Å². The Hall–Kier alpha value is -3.95. The van der Waals surface area contributed by atoms with Crippen molar-refractivity contribution in [3.8, 4) is 5.75 Å². The Bertz CT molecular complexity index is 1710. The summed E-state index contributed by atoms with van der Waals surface area (Å²) < 4.78 is 6.26. The zero-order valence-corrected chi connectivity index (χ0v) is 27.1. The molecule has 2 aliphatic heterocycles. The zero-order chi connectivity index (χ0) is 33.4. The Morgan fingerprint density at radius 1 is 1.00 bits per heavy atom. The Labute approximate surface area is 276 Å². The second kappa shape index (κ2) is 13.6. The van der Waals surface area contributed by atoms with Crippen LogP contribution in [0.3, 0.4) is 0 Å². The van der Waals surface area contributed by atoms with Crippen molar-refractivity contribution in [2.24, 2.45) is 17.8 Å². The van der Waals surface area contributed by atoms with Gasteiger partial charge in [0.05, 0.1) is 23.6 Å². The lowest BCUT2D eigenvalue weighted by Gasteiger charge is -2.43. The number of phenolic OH excluding ortho intramolecular Hbond substituents is 1. The van der Waals surface area contributed by atoms with Crippen molar-refractivity contribution in [2.45, 2.75) is 65.3 Å². The maximum absolute atomic E-state index is 14.1. The van der Waals surface area contributed by atoms with Crippen LogP contribution >= 0.6 is 0 Å². The number of fused-ring (bicyclic) bond motifs is 3. The fraction of sp³-hybridized carbons (Fsp3) is 0.351. The minimum atomic E-state index is -1.72. The molecule has 3 aromatic rings. The molecule has 3 aliphatic rings. The summed E-state index contributed by atoms with van der Waals surface area (Å²) in [6, 6.07) is 20.3. The number of allylic oxidation sites excluding steroid dienone is 2. The van der Waals surface area contributed by atoms with Crippen LogP contribution in [0, 0.1) is 31.6 Å². The van der Waals surface area contributed by atoms with E-state index in [0.29, 0.717) is 30.7 Å². The van der Waals surface area contributed by atoms with Crippen molar-refractivity contribution in [1.82, 2.24) is 0 Å². The first kappa shape index (κ1) is 33.0. The molecule has 2 amide bonds. The van der Waals surface area contributed by atoms with E-state index in [0.717, 1.165) is 51.8 Å². The number of carbonyl (C=O) groups excluding carboxylic acids is 2. The van der Waals surface area contributed by atoms with E-state index >= 15 is 0 Å². The average molecular weight is 633 g/mol. The molecule has 0 bridgehead atoms. The van der Waals surface area contributed by atoms with E-state index in [1.54, 1.807) is 12.1 Å². The highest BCUT2D eigenvalue weighted by molar-refractivity contribution is 6.58. The third-order valence-electron chi connectivity index (χ3n) is 9.96. The summed E-state index contributed by atoms with van der Waals surface area (Å²) >= 11 is 0. The van der Waals surface area contributed by atoms with Crippen LogP contribution in [0.5, 0.6) is 5.75 Å². The van der Waals surface area contributed by atoms with Crippen molar-refractivity contribution in [1.29, 1.82) is 0 Å². The van der Waals surface area contributed by atoms with Crippen LogP contribution < -0.4 is 10.4 Å². The maximum atomic E-state index is 14.1. The smallest absolute Gasteiger partial charge is 0.488 e. The Balaban J connectivity index is 1.33. The standard InChI is InChI=1S/C37H41B2NO7/c1-4-9-27-19-30-34(37(43)40(36(30)42)29-13-8-12-28(20-29)39(45)46)31-21-38(44)47-32(33(27)31)15-14-26(25-10-6-5-7-11-25)18-24-16-22(2)35(41)23(3)17-24/h5-8,10-13,16-18,20,30-32,34,41,44-46H,4,9,14-15,19,21H2,1-3H3/b26-18-/t30-,31+,32-,34-/m1/s1. The molecular weight excluding hydrogens is 592 g/mol. The highest BCUT2D eigenvalue weighted by atomic mass is 16.5. The lowest BCUT2D eigenvalue weighted by molar-refractivity contribution is -0.122. The molecule has 0 aromatic heterocycles. The number of hydrogen-bond acceptors (Lipinski definition) is 7. The van der Waals surface area contributed by atoms with Gasteiger partial charge in [0.1, 0.15) is 5.75 Å². The topological polar surface area (TPSA) is 128 Å². The molecule has 3 aromatic carbocycles. The molecule has 1 aliphatic carbocycles. The molecule has 2 heterocycles. The summed E-state index contributed by atoms with van der Waals surface area (Å²) in [5.41, 5.74) is 7.45. The van der Waals surface area contributed by atoms with Gasteiger partial charge in [0, 0.05) is 0 Å². The van der Waals surface area contributed by atoms with Gasteiger partial charge in [-0.3, -0.25) is 14.5 Å². The summed E-state index contributed by atoms with van der Waals surface area (Å²) in [6.07, 6.45) is 5.25. The molecule has 0 radical (unpaired) electrons. The van der Waals surface area contributed by atoms with Gasteiger partial charge in [0.15, 0.2) is 0 Å². The van der Waals surface area contributed by atoms with Crippen molar-refractivity contribution >= 4 is 48.9 Å². The van der Waals surface area contributed by atoms with Crippen LogP contribution in [0.4, 0.5) is 5.69 Å². The first-order valence-electron chi connectivity index (χ1n) is 16.5. The highest BCUT2D eigenvalue weighted by Crippen LogP contribution is 2.52. The normalized spacial score (nSPS) is 22.9. The molecule has 4 N–H and O–H groups in total. The third kappa shape index (κ3) is 6.48. The van der Waals surface area contributed by atoms with E-state index in [-0.39, 0.29) is 29.5 Å². The van der Waals surface area contributed by atoms with E-state index in [2.05, 4.69) is 25.1 Å². The first-order chi connectivity index (χ1) is 22.6. The second-order valence-electron chi connectivity index (χ2n) is 13.1. The van der Waals surface area contributed by atoms with Crippen LogP contribution in [0.25, 0.3) is 11.6 Å². The number of anilines is 1. The van der Waals surface area contributed by atoms with E-state index < -0.39 is 32.2 Å². The average Bonchev–Trinajstić information content (AvgIpc) is 3.30. The van der Waals surface area contributed by atoms with Gasteiger partial charge in [-0.2, -0.15) is 0 Å². The van der Waals surface area contributed by atoms with E-state index in [4.69, 9.17) is 4.65 Å². The number of nitrogens with zero attached hydrogens (tertiary/aromatic N) is 1. The van der Waals surface area contributed by atoms with Gasteiger partial charge in [-0.25, -0.2) is 0 Å². The second-order valence-corrected chi connectivity index (χ2v) is 13.1. The summed E-state index contributed by atoms with van der Waals surface area (Å²) in [5, 5.41) is 40.8. The number of aromatic hydroxyl groups is 1. The maximum Gasteiger partial charge on any atom is 0.488 e. The number of benzene rings is 3. The van der Waals surface area contributed by atoms with Gasteiger partial charge in [-0.05, 0) is 115 Å². The molecular formula is C37H41B2NO7. The zero-order valence-electron chi connectivity index (χ0n) is 27.1. The number of carbonyl (C=O) groups is 2. The van der Waals surface area contributed by atoms with E-state index in [1.807, 2.05) is 44.2 Å². The fourth-order valence-corrected chi connectivity index (χ4v) is 7.89. The minimum Gasteiger partial charge on any atom is -0.507 e. The van der Waals surface area contributed by atoms with Crippen molar-refractivity contribution in [3.05, 3.63) is 100 Å². The number of hydrogen-bond donors (Lipinski definition) is 4. The number of aryl methyl sites for hydroxylation is 2. The largest absolute Gasteiger partial charge is 0.507 e. The molecule has 10 heteroatoms. The lowest BCUT2D eigenvalue weighted by Crippen LogP contribution is -2.46. The van der Waals surface area contributed by atoms with Crippen LogP contribution in [0.2, 0.25) is 6.32 Å². The predicted molar refractivity (Wildman–Crippen MR) is 185 cm³/mol. The van der Waals surface area contributed by atoms with Gasteiger partial charge < -0.3 is 24.8 Å². The Kier molecular flexibility index (Phi) is 9.58. The van der Waals surface area contributed by atoms with E-state index in [9.17, 15) is 29.8 Å². The van der Waals surface area contributed by atoms with Crippen molar-refractivity contribution in [3.63, 3.8) is 0 Å². The van der Waals surface area contributed by atoms with Crippen LogP contribution in [-0.2, 0) is 14.2 Å². The quantitative estimate of drug-likeness (QED) is 0.115.